The van der Waals surface area contributed by atoms with Gasteiger partial charge in [-0.2, -0.15) is 10.1 Å². The van der Waals surface area contributed by atoms with E-state index in [0.29, 0.717) is 30.5 Å². The van der Waals surface area contributed by atoms with E-state index in [0.717, 1.165) is 33.9 Å². The van der Waals surface area contributed by atoms with E-state index in [4.69, 9.17) is 10.7 Å². The first-order valence-corrected chi connectivity index (χ1v) is 11.4. The van der Waals surface area contributed by atoms with Gasteiger partial charge in [0, 0.05) is 23.7 Å². The second-order valence-corrected chi connectivity index (χ2v) is 9.29. The molecular formula is C21H23N9O2S. The van der Waals surface area contributed by atoms with Gasteiger partial charge in [0.25, 0.3) is 5.91 Å². The first kappa shape index (κ1) is 21.1. The minimum Gasteiger partial charge on any atom is -0.364 e. The summed E-state index contributed by atoms with van der Waals surface area (Å²) in [6.07, 6.45) is 3.75. The zero-order valence-electron chi connectivity index (χ0n) is 18.2. The smallest absolute Gasteiger partial charge is 0.266 e. The van der Waals surface area contributed by atoms with Gasteiger partial charge >= 0.3 is 0 Å². The molecule has 5 heterocycles. The maximum atomic E-state index is 13.2. The maximum absolute atomic E-state index is 13.2. The number of carbonyl (C=O) groups is 2. The highest BCUT2D eigenvalue weighted by molar-refractivity contribution is 7.11. The number of Topliss-reactive ketones (excluding diaryl/α,β-unsaturated/α-hetero) is 1. The van der Waals surface area contributed by atoms with Gasteiger partial charge < -0.3 is 16.0 Å². The predicted molar refractivity (Wildman–Crippen MR) is 124 cm³/mol. The summed E-state index contributed by atoms with van der Waals surface area (Å²) < 4.78 is 1.71. The van der Waals surface area contributed by atoms with Crippen molar-refractivity contribution in [3.8, 4) is 0 Å². The molecule has 0 aliphatic carbocycles. The van der Waals surface area contributed by atoms with E-state index in [2.05, 4.69) is 25.6 Å². The number of amides is 1. The van der Waals surface area contributed by atoms with Crippen LogP contribution in [0.5, 0.6) is 0 Å². The number of aromatic nitrogens is 6. The molecule has 1 saturated heterocycles. The molecule has 0 radical (unpaired) electrons. The molecular weight excluding hydrogens is 442 g/mol. The number of thiazole rings is 1. The maximum Gasteiger partial charge on any atom is 0.266 e. The largest absolute Gasteiger partial charge is 0.364 e. The first-order valence-electron chi connectivity index (χ1n) is 10.6. The third-order valence-electron chi connectivity index (χ3n) is 5.75. The van der Waals surface area contributed by atoms with E-state index in [1.165, 1.54) is 6.07 Å². The molecule has 4 aromatic rings. The zero-order chi connectivity index (χ0) is 23.1. The van der Waals surface area contributed by atoms with Crippen LogP contribution in [0.25, 0.3) is 5.52 Å². The molecule has 5 rings (SSSR count). The van der Waals surface area contributed by atoms with E-state index in [9.17, 15) is 9.59 Å². The van der Waals surface area contributed by atoms with Gasteiger partial charge in [0.05, 0.1) is 18.2 Å². The topological polar surface area (TPSA) is 147 Å². The normalized spacial score (nSPS) is 15.9. The van der Waals surface area contributed by atoms with Gasteiger partial charge in [-0.15, -0.1) is 16.4 Å². The van der Waals surface area contributed by atoms with Gasteiger partial charge in [-0.1, -0.05) is 0 Å². The number of primary amides is 1. The van der Waals surface area contributed by atoms with Crippen molar-refractivity contribution >= 4 is 46.1 Å². The Morgan fingerprint density at radius 1 is 1.33 bits per heavy atom. The lowest BCUT2D eigenvalue weighted by Gasteiger charge is -2.24. The van der Waals surface area contributed by atoms with E-state index in [1.54, 1.807) is 15.9 Å². The van der Waals surface area contributed by atoms with Crippen LogP contribution in [-0.4, -0.2) is 54.1 Å². The second kappa shape index (κ2) is 8.28. The lowest BCUT2D eigenvalue weighted by Crippen LogP contribution is -2.38. The number of aryl methyl sites for hydroxylation is 2. The quantitative estimate of drug-likeness (QED) is 0.376. The molecule has 0 spiro atoms. The van der Waals surface area contributed by atoms with Crippen LogP contribution >= 0.6 is 11.3 Å². The molecule has 1 atom stereocenters. The molecule has 11 nitrogen and oxygen atoms in total. The Hall–Kier alpha value is -3.80. The Bertz CT molecular complexity index is 1340. The molecule has 33 heavy (non-hydrogen) atoms. The third kappa shape index (κ3) is 4.04. The summed E-state index contributed by atoms with van der Waals surface area (Å²) in [5.41, 5.74) is 7.20. The summed E-state index contributed by atoms with van der Waals surface area (Å²) in [5, 5.41) is 15.3. The highest BCUT2D eigenvalue weighted by Crippen LogP contribution is 2.28. The fourth-order valence-corrected chi connectivity index (χ4v) is 4.94. The Labute approximate surface area is 193 Å². The molecule has 0 unspecified atom stereocenters. The van der Waals surface area contributed by atoms with E-state index < -0.39 is 5.91 Å². The lowest BCUT2D eigenvalue weighted by atomic mass is 10.1. The van der Waals surface area contributed by atoms with Crippen LogP contribution in [0.1, 0.15) is 38.9 Å². The summed E-state index contributed by atoms with van der Waals surface area (Å²) in [6.45, 7) is 4.66. The summed E-state index contributed by atoms with van der Waals surface area (Å²) >= 11 is 1.57. The van der Waals surface area contributed by atoms with Crippen molar-refractivity contribution in [2.45, 2.75) is 39.2 Å². The fraction of sp³-hybridized carbons (Fsp3) is 0.333. The van der Waals surface area contributed by atoms with E-state index in [1.807, 2.05) is 37.1 Å². The molecule has 0 saturated carbocycles. The van der Waals surface area contributed by atoms with Crippen molar-refractivity contribution in [3.05, 3.63) is 45.7 Å². The minimum absolute atomic E-state index is 0.116. The van der Waals surface area contributed by atoms with Gasteiger partial charge in [0.15, 0.2) is 17.4 Å². The number of carbonyl (C=O) groups excluding carboxylic acids is 2. The number of hydrogen-bond donors (Lipinski definition) is 3. The van der Waals surface area contributed by atoms with Gasteiger partial charge in [-0.05, 0) is 38.8 Å². The number of ketones is 1. The van der Waals surface area contributed by atoms with Crippen LogP contribution in [0.4, 0.5) is 17.6 Å². The summed E-state index contributed by atoms with van der Waals surface area (Å²) in [4.78, 5) is 36.9. The average Bonchev–Trinajstić information content (AvgIpc) is 3.55. The minimum atomic E-state index is -0.601. The molecule has 4 N–H and O–H groups in total. The van der Waals surface area contributed by atoms with E-state index >= 15 is 0 Å². The zero-order valence-corrected chi connectivity index (χ0v) is 19.0. The van der Waals surface area contributed by atoms with Crippen molar-refractivity contribution in [2.24, 2.45) is 5.73 Å². The Morgan fingerprint density at radius 2 is 2.18 bits per heavy atom. The standard InChI is InChI=1S/C21H23N9O2S/c1-11-12(2)33-18(23-11)10-16(31)14-5-3-7-29(14)21-25-20(15-6-4-8-30(15)28-21)24-17-9-13(19(22)32)26-27-17/h4,6,8-9,14H,3,5,7,10H2,1-2H3,(H2,22,32)(H2,24,25,26,27,28)/t14-/m0/s1. The number of H-pyrrole nitrogens is 1. The highest BCUT2D eigenvalue weighted by Gasteiger charge is 2.33. The number of fused-ring (bicyclic) bond motifs is 1. The fourth-order valence-electron chi connectivity index (χ4n) is 3.99. The molecule has 12 heteroatoms. The van der Waals surface area contributed by atoms with Crippen molar-refractivity contribution in [2.75, 3.05) is 16.8 Å². The van der Waals surface area contributed by atoms with Crippen LogP contribution in [0.3, 0.4) is 0 Å². The molecule has 1 aliphatic rings. The van der Waals surface area contributed by atoms with Gasteiger partial charge in [0.2, 0.25) is 5.95 Å². The molecule has 0 aromatic carbocycles. The van der Waals surface area contributed by atoms with Crippen LogP contribution < -0.4 is 16.0 Å². The summed E-state index contributed by atoms with van der Waals surface area (Å²) in [5.74, 6) is 0.882. The van der Waals surface area contributed by atoms with Gasteiger partial charge in [0.1, 0.15) is 16.2 Å². The van der Waals surface area contributed by atoms with Crippen LogP contribution in [0.2, 0.25) is 0 Å². The van der Waals surface area contributed by atoms with Gasteiger partial charge in [-0.25, -0.2) is 9.50 Å². The third-order valence-corrected chi connectivity index (χ3v) is 6.82. The number of nitrogens with zero attached hydrogens (tertiary/aromatic N) is 6. The molecule has 1 fully saturated rings. The van der Waals surface area contributed by atoms with Crippen molar-refractivity contribution < 1.29 is 9.59 Å². The summed E-state index contributed by atoms with van der Waals surface area (Å²) in [7, 11) is 0. The number of hydrogen-bond acceptors (Lipinski definition) is 9. The molecule has 1 amide bonds. The van der Waals surface area contributed by atoms with Gasteiger partial charge in [-0.3, -0.25) is 14.7 Å². The Kier molecular flexibility index (Phi) is 5.29. The van der Waals surface area contributed by atoms with Crippen LogP contribution in [0, 0.1) is 13.8 Å². The number of nitrogens with two attached hydrogens (primary N) is 1. The van der Waals surface area contributed by atoms with Crippen molar-refractivity contribution in [1.29, 1.82) is 0 Å². The first-order chi connectivity index (χ1) is 15.9. The number of nitrogens with one attached hydrogen (secondary N) is 2. The van der Waals surface area contributed by atoms with Crippen molar-refractivity contribution in [3.63, 3.8) is 0 Å². The SMILES string of the molecule is Cc1nc(CC(=O)[C@@H]2CCCN2c2nc(Nc3cc(C(N)=O)[nH]n3)c3cccn3n2)sc1C. The Morgan fingerprint density at radius 3 is 2.91 bits per heavy atom. The molecule has 4 aromatic heterocycles. The monoisotopic (exact) mass is 465 g/mol. The highest BCUT2D eigenvalue weighted by atomic mass is 32.1. The number of rotatable bonds is 7. The predicted octanol–water partition coefficient (Wildman–Crippen LogP) is 2.15. The Balaban J connectivity index is 1.43. The van der Waals surface area contributed by atoms with Crippen LogP contribution in [0.15, 0.2) is 24.4 Å². The molecule has 170 valence electrons. The van der Waals surface area contributed by atoms with Crippen LogP contribution in [-0.2, 0) is 11.2 Å². The molecule has 1 aliphatic heterocycles. The molecule has 0 bridgehead atoms. The summed E-state index contributed by atoms with van der Waals surface area (Å²) in [6, 6.07) is 4.94. The number of aromatic amines is 1. The number of anilines is 3. The second-order valence-electron chi connectivity index (χ2n) is 8.00. The average molecular weight is 466 g/mol. The van der Waals surface area contributed by atoms with Crippen molar-refractivity contribution in [1.82, 2.24) is 29.8 Å². The lowest BCUT2D eigenvalue weighted by molar-refractivity contribution is -0.119. The van der Waals surface area contributed by atoms with E-state index in [-0.39, 0.29) is 17.5 Å².